The summed E-state index contributed by atoms with van der Waals surface area (Å²) >= 11 is 2.73. The first-order valence-corrected chi connectivity index (χ1v) is 8.21. The molecule has 110 valence electrons. The van der Waals surface area contributed by atoms with Crippen molar-refractivity contribution in [2.75, 3.05) is 11.5 Å². The number of thiophene rings is 1. The second kappa shape index (κ2) is 6.25. The van der Waals surface area contributed by atoms with E-state index in [1.54, 1.807) is 12.3 Å². The molecule has 3 aromatic rings. The molecule has 0 amide bonds. The number of nitrogens with two attached hydrogens (primary N) is 1. The van der Waals surface area contributed by atoms with Gasteiger partial charge in [-0.2, -0.15) is 5.26 Å². The summed E-state index contributed by atoms with van der Waals surface area (Å²) in [5.74, 6) is 0.724. The van der Waals surface area contributed by atoms with E-state index in [9.17, 15) is 4.39 Å². The topological polar surface area (TPSA) is 88.5 Å². The first kappa shape index (κ1) is 14.7. The SMILES string of the molecule is N#Cc1cc(N)nc(SCCc2cc3c(F)csc3cn2)n1. The predicted octanol–water partition coefficient (Wildman–Crippen LogP) is 3.01. The van der Waals surface area contributed by atoms with Crippen LogP contribution < -0.4 is 5.73 Å². The average molecular weight is 331 g/mol. The van der Waals surface area contributed by atoms with Crippen molar-refractivity contribution in [3.8, 4) is 6.07 Å². The molecule has 0 bridgehead atoms. The number of hydrogen-bond acceptors (Lipinski definition) is 7. The molecule has 0 saturated heterocycles. The molecule has 0 spiro atoms. The number of thioether (sulfide) groups is 1. The van der Waals surface area contributed by atoms with Gasteiger partial charge in [0.2, 0.25) is 0 Å². The van der Waals surface area contributed by atoms with Crippen molar-refractivity contribution >= 4 is 39.0 Å². The van der Waals surface area contributed by atoms with Crippen molar-refractivity contribution in [3.05, 3.63) is 40.9 Å². The molecule has 0 fully saturated rings. The van der Waals surface area contributed by atoms with Crippen LogP contribution in [0.25, 0.3) is 10.1 Å². The highest BCUT2D eigenvalue weighted by Crippen LogP contribution is 2.25. The van der Waals surface area contributed by atoms with Crippen molar-refractivity contribution in [1.29, 1.82) is 5.26 Å². The molecule has 0 radical (unpaired) electrons. The van der Waals surface area contributed by atoms with E-state index in [0.717, 1.165) is 10.4 Å². The van der Waals surface area contributed by atoms with Gasteiger partial charge in [-0.05, 0) is 12.5 Å². The Morgan fingerprint density at radius 2 is 2.23 bits per heavy atom. The molecule has 0 aliphatic heterocycles. The number of aromatic nitrogens is 3. The summed E-state index contributed by atoms with van der Waals surface area (Å²) in [6.45, 7) is 0. The Morgan fingerprint density at radius 3 is 3.05 bits per heavy atom. The fourth-order valence-corrected chi connectivity index (χ4v) is 3.47. The summed E-state index contributed by atoms with van der Waals surface area (Å²) in [5, 5.41) is 11.4. The van der Waals surface area contributed by atoms with Crippen molar-refractivity contribution in [2.24, 2.45) is 0 Å². The summed E-state index contributed by atoms with van der Waals surface area (Å²) in [6.07, 6.45) is 2.34. The largest absolute Gasteiger partial charge is 0.384 e. The van der Waals surface area contributed by atoms with Crippen LogP contribution in [-0.4, -0.2) is 20.7 Å². The maximum absolute atomic E-state index is 13.6. The zero-order valence-electron chi connectivity index (χ0n) is 11.3. The standard InChI is InChI=1S/C14H10FN5S2/c15-11-7-22-12-6-18-8(3-10(11)12)1-2-21-14-19-9(5-16)4-13(17)20-14/h3-4,6-7H,1-2H2,(H2,17,19,20). The van der Waals surface area contributed by atoms with Gasteiger partial charge >= 0.3 is 0 Å². The number of nitrogens with zero attached hydrogens (tertiary/aromatic N) is 4. The lowest BCUT2D eigenvalue weighted by atomic mass is 10.2. The quantitative estimate of drug-likeness (QED) is 0.584. The third-order valence-electron chi connectivity index (χ3n) is 2.90. The second-order valence-electron chi connectivity index (χ2n) is 4.43. The number of fused-ring (bicyclic) bond motifs is 1. The van der Waals surface area contributed by atoms with E-state index < -0.39 is 0 Å². The van der Waals surface area contributed by atoms with E-state index in [2.05, 4.69) is 15.0 Å². The maximum Gasteiger partial charge on any atom is 0.190 e. The van der Waals surface area contributed by atoms with Gasteiger partial charge in [0.1, 0.15) is 23.4 Å². The number of hydrogen-bond donors (Lipinski definition) is 1. The van der Waals surface area contributed by atoms with Crippen LogP contribution in [0.5, 0.6) is 0 Å². The van der Waals surface area contributed by atoms with Gasteiger partial charge in [-0.3, -0.25) is 4.98 Å². The van der Waals surface area contributed by atoms with Crippen LogP contribution >= 0.6 is 23.1 Å². The lowest BCUT2D eigenvalue weighted by molar-refractivity contribution is 0.644. The number of halogens is 1. The number of anilines is 1. The van der Waals surface area contributed by atoms with Crippen LogP contribution in [0, 0.1) is 17.1 Å². The minimum absolute atomic E-state index is 0.214. The van der Waals surface area contributed by atoms with Gasteiger partial charge in [-0.25, -0.2) is 14.4 Å². The van der Waals surface area contributed by atoms with Crippen molar-refractivity contribution < 1.29 is 4.39 Å². The Labute approximate surface area is 134 Å². The van der Waals surface area contributed by atoms with Crippen LogP contribution in [0.2, 0.25) is 0 Å². The van der Waals surface area contributed by atoms with Gasteiger partial charge < -0.3 is 5.73 Å². The molecule has 0 saturated carbocycles. The molecule has 0 aliphatic rings. The number of aryl methyl sites for hydroxylation is 1. The third-order valence-corrected chi connectivity index (χ3v) is 4.65. The fraction of sp³-hybridized carbons (Fsp3) is 0.143. The van der Waals surface area contributed by atoms with E-state index in [1.165, 1.54) is 34.5 Å². The van der Waals surface area contributed by atoms with Gasteiger partial charge in [0.25, 0.3) is 0 Å². The molecule has 0 aromatic carbocycles. The van der Waals surface area contributed by atoms with E-state index in [1.807, 2.05) is 6.07 Å². The molecule has 2 N–H and O–H groups in total. The molecule has 22 heavy (non-hydrogen) atoms. The molecule has 3 heterocycles. The number of rotatable bonds is 4. The summed E-state index contributed by atoms with van der Waals surface area (Å²) in [5.41, 5.74) is 6.67. The lowest BCUT2D eigenvalue weighted by Crippen LogP contribution is -1.99. The Balaban J connectivity index is 1.68. The predicted molar refractivity (Wildman–Crippen MR) is 85.2 cm³/mol. The number of nitriles is 1. The highest BCUT2D eigenvalue weighted by atomic mass is 32.2. The summed E-state index contributed by atoms with van der Waals surface area (Å²) < 4.78 is 14.4. The zero-order chi connectivity index (χ0) is 15.5. The van der Waals surface area contributed by atoms with Crippen LogP contribution in [0.4, 0.5) is 10.2 Å². The van der Waals surface area contributed by atoms with E-state index in [0.29, 0.717) is 22.7 Å². The molecule has 0 atom stereocenters. The van der Waals surface area contributed by atoms with E-state index >= 15 is 0 Å². The lowest BCUT2D eigenvalue weighted by Gasteiger charge is -2.02. The molecule has 8 heteroatoms. The number of pyridine rings is 1. The normalized spacial score (nSPS) is 10.7. The Kier molecular flexibility index (Phi) is 4.18. The molecule has 0 aliphatic carbocycles. The van der Waals surface area contributed by atoms with E-state index in [4.69, 9.17) is 11.0 Å². The first-order chi connectivity index (χ1) is 10.7. The highest BCUT2D eigenvalue weighted by Gasteiger charge is 2.07. The summed E-state index contributed by atoms with van der Waals surface area (Å²) in [7, 11) is 0. The summed E-state index contributed by atoms with van der Waals surface area (Å²) in [6, 6.07) is 5.14. The van der Waals surface area contributed by atoms with Gasteiger partial charge in [-0.1, -0.05) is 11.8 Å². The molecular formula is C14H10FN5S2. The van der Waals surface area contributed by atoms with Gasteiger partial charge in [-0.15, -0.1) is 11.3 Å². The highest BCUT2D eigenvalue weighted by molar-refractivity contribution is 7.99. The smallest absolute Gasteiger partial charge is 0.190 e. The molecular weight excluding hydrogens is 321 g/mol. The van der Waals surface area contributed by atoms with Crippen LogP contribution in [-0.2, 0) is 6.42 Å². The Hall–Kier alpha value is -2.24. The fourth-order valence-electron chi connectivity index (χ4n) is 1.89. The van der Waals surface area contributed by atoms with Gasteiger partial charge in [0.15, 0.2) is 5.16 Å². The number of nitrogen functional groups attached to an aromatic ring is 1. The van der Waals surface area contributed by atoms with Gasteiger partial charge in [0.05, 0.1) is 4.70 Å². The first-order valence-electron chi connectivity index (χ1n) is 6.35. The van der Waals surface area contributed by atoms with Crippen LogP contribution in [0.1, 0.15) is 11.4 Å². The molecule has 5 nitrogen and oxygen atoms in total. The molecule has 3 rings (SSSR count). The van der Waals surface area contributed by atoms with Crippen molar-refractivity contribution in [2.45, 2.75) is 11.6 Å². The Bertz CT molecular complexity index is 871. The molecule has 0 unspecified atom stereocenters. The summed E-state index contributed by atoms with van der Waals surface area (Å²) in [4.78, 5) is 12.5. The zero-order valence-corrected chi connectivity index (χ0v) is 12.9. The van der Waals surface area contributed by atoms with Crippen LogP contribution in [0.3, 0.4) is 0 Å². The van der Waals surface area contributed by atoms with Gasteiger partial charge in [0, 0.05) is 34.5 Å². The van der Waals surface area contributed by atoms with E-state index in [-0.39, 0.29) is 17.3 Å². The third kappa shape index (κ3) is 3.16. The monoisotopic (exact) mass is 331 g/mol. The van der Waals surface area contributed by atoms with Crippen molar-refractivity contribution in [3.63, 3.8) is 0 Å². The second-order valence-corrected chi connectivity index (χ2v) is 6.40. The minimum atomic E-state index is -0.214. The van der Waals surface area contributed by atoms with Crippen molar-refractivity contribution in [1.82, 2.24) is 15.0 Å². The van der Waals surface area contributed by atoms with Crippen LogP contribution in [0.15, 0.2) is 28.9 Å². The minimum Gasteiger partial charge on any atom is -0.384 e. The Morgan fingerprint density at radius 1 is 1.36 bits per heavy atom. The maximum atomic E-state index is 13.6. The molecule has 3 aromatic heterocycles. The average Bonchev–Trinajstić information content (AvgIpc) is 2.88.